The van der Waals surface area contributed by atoms with E-state index in [1.54, 1.807) is 12.5 Å². The molecule has 1 aromatic rings. The van der Waals surface area contributed by atoms with Crippen LogP contribution in [0, 0.1) is 0 Å². The van der Waals surface area contributed by atoms with Crippen LogP contribution in [0.25, 0.3) is 0 Å². The third kappa shape index (κ3) is 5.42. The van der Waals surface area contributed by atoms with Crippen molar-refractivity contribution >= 4 is 5.91 Å². The fourth-order valence-corrected chi connectivity index (χ4v) is 2.21. The van der Waals surface area contributed by atoms with Crippen molar-refractivity contribution < 1.29 is 9.90 Å². The van der Waals surface area contributed by atoms with Crippen molar-refractivity contribution in [3.05, 3.63) is 18.7 Å². The molecule has 2 unspecified atom stereocenters. The van der Waals surface area contributed by atoms with Crippen LogP contribution in [-0.2, 0) is 4.79 Å². The van der Waals surface area contributed by atoms with E-state index in [0.29, 0.717) is 12.8 Å². The molecule has 1 heterocycles. The van der Waals surface area contributed by atoms with Crippen LogP contribution in [0.15, 0.2) is 18.7 Å². The smallest absolute Gasteiger partial charge is 0.222 e. The fourth-order valence-electron chi connectivity index (χ4n) is 2.21. The van der Waals surface area contributed by atoms with E-state index in [1.807, 2.05) is 17.7 Å². The van der Waals surface area contributed by atoms with E-state index in [0.717, 1.165) is 19.3 Å². The number of hydrogen-bond acceptors (Lipinski definition) is 3. The first-order chi connectivity index (χ1) is 9.21. The average Bonchev–Trinajstić information content (AvgIpc) is 2.91. The molecular weight excluding hydrogens is 242 g/mol. The number of amides is 1. The normalized spacial score (nSPS) is 14.1. The molecule has 5 heteroatoms. The van der Waals surface area contributed by atoms with Crippen LogP contribution in [0.5, 0.6) is 0 Å². The van der Waals surface area contributed by atoms with E-state index in [1.165, 1.54) is 0 Å². The van der Waals surface area contributed by atoms with E-state index >= 15 is 0 Å². The van der Waals surface area contributed by atoms with Gasteiger partial charge in [-0.1, -0.05) is 20.3 Å². The van der Waals surface area contributed by atoms with Crippen molar-refractivity contribution in [1.82, 2.24) is 14.9 Å². The Labute approximate surface area is 115 Å². The van der Waals surface area contributed by atoms with Crippen molar-refractivity contribution in [2.24, 2.45) is 0 Å². The molecule has 0 radical (unpaired) electrons. The minimum atomic E-state index is 0.0486. The maximum absolute atomic E-state index is 12.0. The van der Waals surface area contributed by atoms with Crippen molar-refractivity contribution in [3.8, 4) is 0 Å². The molecular formula is C14H25N3O2. The molecule has 0 fully saturated rings. The Morgan fingerprint density at radius 2 is 2.21 bits per heavy atom. The van der Waals surface area contributed by atoms with Crippen molar-refractivity contribution in [1.29, 1.82) is 0 Å². The van der Waals surface area contributed by atoms with Crippen LogP contribution >= 0.6 is 0 Å². The third-order valence-corrected chi connectivity index (χ3v) is 3.32. The molecule has 0 spiro atoms. The molecule has 2 atom stereocenters. The van der Waals surface area contributed by atoms with E-state index < -0.39 is 0 Å². The second-order valence-electron chi connectivity index (χ2n) is 4.84. The highest BCUT2D eigenvalue weighted by Crippen LogP contribution is 2.17. The molecule has 0 saturated carbocycles. The number of hydrogen-bond donors (Lipinski definition) is 2. The molecule has 108 valence electrons. The Hall–Kier alpha value is -1.36. The van der Waals surface area contributed by atoms with Gasteiger partial charge in [0.05, 0.1) is 6.33 Å². The van der Waals surface area contributed by atoms with Crippen molar-refractivity contribution in [2.75, 3.05) is 6.61 Å². The summed E-state index contributed by atoms with van der Waals surface area (Å²) in [5.41, 5.74) is 0. The summed E-state index contributed by atoms with van der Waals surface area (Å²) in [6, 6.07) is 0.238. The summed E-state index contributed by atoms with van der Waals surface area (Å²) in [6.45, 7) is 4.24. The second kappa shape index (κ2) is 8.69. The Balaban J connectivity index is 2.52. The minimum Gasteiger partial charge on any atom is -0.396 e. The maximum Gasteiger partial charge on any atom is 0.222 e. The predicted molar refractivity (Wildman–Crippen MR) is 74.7 cm³/mol. The van der Waals surface area contributed by atoms with E-state index in [-0.39, 0.29) is 24.6 Å². The molecule has 2 N–H and O–H groups in total. The van der Waals surface area contributed by atoms with Crippen molar-refractivity contribution in [2.45, 2.75) is 58.0 Å². The summed E-state index contributed by atoms with van der Waals surface area (Å²) in [5.74, 6) is 0.0486. The molecule has 0 aliphatic rings. The van der Waals surface area contributed by atoms with E-state index in [9.17, 15) is 4.79 Å². The fraction of sp³-hybridized carbons (Fsp3) is 0.714. The van der Waals surface area contributed by atoms with Gasteiger partial charge < -0.3 is 15.0 Å². The molecule has 19 heavy (non-hydrogen) atoms. The van der Waals surface area contributed by atoms with E-state index in [2.05, 4.69) is 17.2 Å². The predicted octanol–water partition coefficient (Wildman–Crippen LogP) is 1.89. The Kier molecular flexibility index (Phi) is 7.18. The van der Waals surface area contributed by atoms with Gasteiger partial charge in [-0.3, -0.25) is 4.79 Å². The summed E-state index contributed by atoms with van der Waals surface area (Å²) < 4.78 is 2.00. The van der Waals surface area contributed by atoms with Crippen molar-refractivity contribution in [3.63, 3.8) is 0 Å². The molecule has 5 nitrogen and oxygen atoms in total. The molecule has 1 amide bonds. The van der Waals surface area contributed by atoms with Gasteiger partial charge in [-0.25, -0.2) is 4.98 Å². The molecule has 0 aromatic carbocycles. The standard InChI is InChI=1S/C14H25N3O2/c1-3-5-13(17-8-7-15-11-17)10-14(19)16-12(4-2)6-9-18/h7-8,11-13,18H,3-6,9-10H2,1-2H3,(H,16,19). The Morgan fingerprint density at radius 3 is 2.74 bits per heavy atom. The SMILES string of the molecule is CCCC(CC(=O)NC(CC)CCO)n1ccnc1. The molecule has 0 aliphatic heterocycles. The largest absolute Gasteiger partial charge is 0.396 e. The first kappa shape index (κ1) is 15.7. The van der Waals surface area contributed by atoms with Crippen LogP contribution < -0.4 is 5.32 Å². The lowest BCUT2D eigenvalue weighted by atomic mass is 10.1. The molecule has 0 saturated heterocycles. The zero-order valence-corrected chi connectivity index (χ0v) is 11.9. The van der Waals surface area contributed by atoms with Gasteiger partial charge in [-0.2, -0.15) is 0 Å². The van der Waals surface area contributed by atoms with Gasteiger partial charge in [0, 0.05) is 37.5 Å². The van der Waals surface area contributed by atoms with Gasteiger partial charge in [0.25, 0.3) is 0 Å². The summed E-state index contributed by atoms with van der Waals surface area (Å²) in [4.78, 5) is 16.1. The molecule has 1 rings (SSSR count). The van der Waals surface area contributed by atoms with Gasteiger partial charge in [-0.15, -0.1) is 0 Å². The highest BCUT2D eigenvalue weighted by atomic mass is 16.3. The first-order valence-electron chi connectivity index (χ1n) is 7.08. The highest BCUT2D eigenvalue weighted by Gasteiger charge is 2.16. The summed E-state index contributed by atoms with van der Waals surface area (Å²) >= 11 is 0. The number of carbonyl (C=O) groups is 1. The summed E-state index contributed by atoms with van der Waals surface area (Å²) in [5, 5.41) is 11.9. The van der Waals surface area contributed by atoms with E-state index in [4.69, 9.17) is 5.11 Å². The van der Waals surface area contributed by atoms with Gasteiger partial charge in [-0.05, 0) is 19.3 Å². The van der Waals surface area contributed by atoms with Crippen LogP contribution in [0.1, 0.15) is 52.0 Å². The zero-order valence-electron chi connectivity index (χ0n) is 11.9. The Morgan fingerprint density at radius 1 is 1.42 bits per heavy atom. The van der Waals surface area contributed by atoms with Crippen LogP contribution in [0.2, 0.25) is 0 Å². The average molecular weight is 267 g/mol. The summed E-state index contributed by atoms with van der Waals surface area (Å²) in [7, 11) is 0. The number of rotatable bonds is 9. The number of aliphatic hydroxyl groups excluding tert-OH is 1. The third-order valence-electron chi connectivity index (χ3n) is 3.32. The lowest BCUT2D eigenvalue weighted by molar-refractivity contribution is -0.122. The minimum absolute atomic E-state index is 0.0486. The monoisotopic (exact) mass is 267 g/mol. The van der Waals surface area contributed by atoms with Gasteiger partial charge in [0.1, 0.15) is 0 Å². The van der Waals surface area contributed by atoms with Gasteiger partial charge in [0.15, 0.2) is 0 Å². The van der Waals surface area contributed by atoms with Crippen LogP contribution in [-0.4, -0.2) is 33.2 Å². The maximum atomic E-state index is 12.0. The number of aromatic nitrogens is 2. The molecule has 1 aromatic heterocycles. The number of imidazole rings is 1. The number of aliphatic hydroxyl groups is 1. The molecule has 0 bridgehead atoms. The van der Waals surface area contributed by atoms with Crippen LogP contribution in [0.3, 0.4) is 0 Å². The summed E-state index contributed by atoms with van der Waals surface area (Å²) in [6.07, 6.45) is 9.32. The van der Waals surface area contributed by atoms with Gasteiger partial charge >= 0.3 is 0 Å². The first-order valence-corrected chi connectivity index (χ1v) is 7.08. The lowest BCUT2D eigenvalue weighted by Crippen LogP contribution is -2.36. The second-order valence-corrected chi connectivity index (χ2v) is 4.84. The lowest BCUT2D eigenvalue weighted by Gasteiger charge is -2.20. The highest BCUT2D eigenvalue weighted by molar-refractivity contribution is 5.76. The van der Waals surface area contributed by atoms with Crippen LogP contribution in [0.4, 0.5) is 0 Å². The number of nitrogens with zero attached hydrogens (tertiary/aromatic N) is 2. The number of nitrogens with one attached hydrogen (secondary N) is 1. The topological polar surface area (TPSA) is 67.2 Å². The van der Waals surface area contributed by atoms with Gasteiger partial charge in [0.2, 0.25) is 5.91 Å². The quantitative estimate of drug-likeness (QED) is 0.718. The number of carbonyl (C=O) groups excluding carboxylic acids is 1. The Bertz CT molecular complexity index is 352. The zero-order chi connectivity index (χ0) is 14.1. The molecule has 0 aliphatic carbocycles.